The molecule has 2 aliphatic rings. The topological polar surface area (TPSA) is 93.9 Å². The summed E-state index contributed by atoms with van der Waals surface area (Å²) in [4.78, 5) is 26.7. The molecule has 0 aliphatic carbocycles. The number of thioether (sulfide) groups is 1. The number of rotatable bonds is 8. The highest BCUT2D eigenvalue weighted by Gasteiger charge is 2.21. The molecule has 0 atom stereocenters. The smallest absolute Gasteiger partial charge is 0.234 e. The fourth-order valence-electron chi connectivity index (χ4n) is 3.66. The van der Waals surface area contributed by atoms with E-state index in [4.69, 9.17) is 15.2 Å². The van der Waals surface area contributed by atoms with Crippen LogP contribution in [0.25, 0.3) is 4.91 Å². The fourth-order valence-corrected chi connectivity index (χ4v) is 6.16. The molecule has 5 rings (SSSR count). The average Bonchev–Trinajstić information content (AvgIpc) is 3.37. The van der Waals surface area contributed by atoms with Crippen LogP contribution in [-0.4, -0.2) is 57.6 Å². The number of nitrogens with zero attached hydrogens (tertiary/aromatic N) is 7. The van der Waals surface area contributed by atoms with E-state index in [1.165, 1.54) is 16.7 Å². The van der Waals surface area contributed by atoms with Gasteiger partial charge < -0.3 is 4.90 Å². The van der Waals surface area contributed by atoms with Crippen LogP contribution in [0.2, 0.25) is 0 Å². The Balaban J connectivity index is 1.36. The number of anilines is 3. The Labute approximate surface area is 217 Å². The molecule has 8 nitrogen and oxygen atoms in total. The first-order valence-electron chi connectivity index (χ1n) is 11.3. The molecule has 0 radical (unpaired) electrons. The van der Waals surface area contributed by atoms with Crippen molar-refractivity contribution in [3.05, 3.63) is 59.0 Å². The molecule has 35 heavy (non-hydrogen) atoms. The van der Waals surface area contributed by atoms with Crippen LogP contribution in [0, 0.1) is 11.3 Å². The molecule has 11 heteroatoms. The first-order valence-corrected chi connectivity index (χ1v) is 13.9. The quantitative estimate of drug-likeness (QED) is 0.424. The normalized spacial score (nSPS) is 16.1. The van der Waals surface area contributed by atoms with Crippen LogP contribution in [0.15, 0.2) is 64.1 Å². The zero-order chi connectivity index (χ0) is 23.9. The maximum Gasteiger partial charge on any atom is 0.234 e. The average molecular weight is 521 g/mol. The molecule has 0 unspecified atom stereocenters. The molecule has 1 fully saturated rings. The van der Waals surface area contributed by atoms with Crippen molar-refractivity contribution >= 4 is 56.8 Å². The summed E-state index contributed by atoms with van der Waals surface area (Å²) < 4.78 is 0. The van der Waals surface area contributed by atoms with Crippen LogP contribution in [0.5, 0.6) is 0 Å². The third kappa shape index (κ3) is 6.41. The molecular formula is C24H24N8S3. The lowest BCUT2D eigenvalue weighted by Gasteiger charge is -2.34. The predicted octanol–water partition coefficient (Wildman–Crippen LogP) is 5.25. The van der Waals surface area contributed by atoms with Gasteiger partial charge in [0.25, 0.3) is 0 Å². The van der Waals surface area contributed by atoms with E-state index in [-0.39, 0.29) is 0 Å². The van der Waals surface area contributed by atoms with Gasteiger partial charge in [0, 0.05) is 55.1 Å². The van der Waals surface area contributed by atoms with Crippen LogP contribution in [0.1, 0.15) is 17.7 Å². The van der Waals surface area contributed by atoms with Crippen LogP contribution in [-0.2, 0) is 0 Å². The van der Waals surface area contributed by atoms with E-state index in [1.807, 2.05) is 36.5 Å². The molecule has 3 aromatic rings. The molecular weight excluding hydrogens is 497 g/mol. The second kappa shape index (κ2) is 11.7. The van der Waals surface area contributed by atoms with Crippen molar-refractivity contribution < 1.29 is 0 Å². The Morgan fingerprint density at radius 3 is 2.71 bits per heavy atom. The number of nitrogens with one attached hydrogen (secondary N) is 1. The number of allylic oxidation sites excluding steroid dienone is 2. The van der Waals surface area contributed by atoms with E-state index in [0.29, 0.717) is 23.5 Å². The number of thiazole rings is 1. The number of benzene rings is 1. The summed E-state index contributed by atoms with van der Waals surface area (Å²) in [5.41, 5.74) is 0. The highest BCUT2D eigenvalue weighted by atomic mass is 32.2. The summed E-state index contributed by atoms with van der Waals surface area (Å²) in [5, 5.41) is 15.7. The zero-order valence-corrected chi connectivity index (χ0v) is 21.5. The summed E-state index contributed by atoms with van der Waals surface area (Å²) in [6.45, 7) is 4.19. The van der Waals surface area contributed by atoms with Crippen molar-refractivity contribution in [2.24, 2.45) is 0 Å². The third-order valence-corrected chi connectivity index (χ3v) is 8.37. The maximum atomic E-state index is 8.87. The first-order chi connectivity index (χ1) is 17.3. The summed E-state index contributed by atoms with van der Waals surface area (Å²) >= 11 is 4.83. The van der Waals surface area contributed by atoms with Gasteiger partial charge in [0.1, 0.15) is 0 Å². The minimum atomic E-state index is 0.492. The number of hydrogen-bond donors (Lipinski definition) is 1. The zero-order valence-electron chi connectivity index (χ0n) is 19.0. The Morgan fingerprint density at radius 1 is 1.09 bits per heavy atom. The highest BCUT2D eigenvalue weighted by molar-refractivity contribution is 8.11. The SMILES string of the molecule is N#CCCN1CCN(c2nc(Nc3ncc(C4=CCC=CS4)s3)nc(Sc3ccccc3)n2)CC1. The van der Waals surface area contributed by atoms with Gasteiger partial charge in [-0.1, -0.05) is 53.4 Å². The van der Waals surface area contributed by atoms with Crippen molar-refractivity contribution in [2.75, 3.05) is 42.9 Å². The Hall–Kier alpha value is -2.91. The van der Waals surface area contributed by atoms with Crippen LogP contribution in [0.4, 0.5) is 17.0 Å². The van der Waals surface area contributed by atoms with Gasteiger partial charge in [-0.15, -0.1) is 0 Å². The van der Waals surface area contributed by atoms with Crippen molar-refractivity contribution in [1.82, 2.24) is 24.8 Å². The minimum Gasteiger partial charge on any atom is -0.338 e. The highest BCUT2D eigenvalue weighted by Crippen LogP contribution is 2.37. The molecule has 0 amide bonds. The van der Waals surface area contributed by atoms with Crippen LogP contribution < -0.4 is 10.2 Å². The van der Waals surface area contributed by atoms with Gasteiger partial charge in [-0.25, -0.2) is 4.98 Å². The Morgan fingerprint density at radius 2 is 1.94 bits per heavy atom. The van der Waals surface area contributed by atoms with Crippen molar-refractivity contribution in [3.8, 4) is 6.07 Å². The molecule has 0 saturated carbocycles. The van der Waals surface area contributed by atoms with Gasteiger partial charge in [-0.05, 0) is 35.7 Å². The van der Waals surface area contributed by atoms with Gasteiger partial charge in [-0.2, -0.15) is 20.2 Å². The second-order valence-corrected chi connectivity index (χ2v) is 10.9. The lowest BCUT2D eigenvalue weighted by atomic mass is 10.3. The molecule has 2 aromatic heterocycles. The third-order valence-electron chi connectivity index (χ3n) is 5.45. The number of nitriles is 1. The van der Waals surface area contributed by atoms with Gasteiger partial charge in [0.15, 0.2) is 10.3 Å². The van der Waals surface area contributed by atoms with E-state index in [2.05, 4.69) is 48.7 Å². The molecule has 178 valence electrons. The van der Waals surface area contributed by atoms with Crippen molar-refractivity contribution in [3.63, 3.8) is 0 Å². The van der Waals surface area contributed by atoms with E-state index < -0.39 is 0 Å². The lowest BCUT2D eigenvalue weighted by Crippen LogP contribution is -2.47. The van der Waals surface area contributed by atoms with E-state index >= 15 is 0 Å². The van der Waals surface area contributed by atoms with Gasteiger partial charge >= 0.3 is 0 Å². The molecule has 4 heterocycles. The minimum absolute atomic E-state index is 0.492. The summed E-state index contributed by atoms with van der Waals surface area (Å²) in [7, 11) is 0. The monoisotopic (exact) mass is 520 g/mol. The number of hydrogen-bond acceptors (Lipinski definition) is 11. The van der Waals surface area contributed by atoms with Crippen LogP contribution in [0.3, 0.4) is 0 Å². The second-order valence-electron chi connectivity index (χ2n) is 7.84. The predicted molar refractivity (Wildman–Crippen MR) is 144 cm³/mol. The van der Waals surface area contributed by atoms with E-state index in [1.54, 1.807) is 23.1 Å². The first kappa shape index (κ1) is 23.8. The van der Waals surface area contributed by atoms with Gasteiger partial charge in [0.05, 0.1) is 10.9 Å². The summed E-state index contributed by atoms with van der Waals surface area (Å²) in [6, 6.07) is 12.3. The number of aromatic nitrogens is 4. The number of piperazine rings is 1. The molecule has 2 aliphatic heterocycles. The largest absolute Gasteiger partial charge is 0.338 e. The van der Waals surface area contributed by atoms with Gasteiger partial charge in [0.2, 0.25) is 11.9 Å². The summed E-state index contributed by atoms with van der Waals surface area (Å²) in [6.07, 6.45) is 7.76. The lowest BCUT2D eigenvalue weighted by molar-refractivity contribution is 0.262. The Bertz CT molecular complexity index is 1240. The Kier molecular flexibility index (Phi) is 7.95. The molecule has 1 aromatic carbocycles. The molecule has 0 bridgehead atoms. The van der Waals surface area contributed by atoms with Crippen molar-refractivity contribution in [1.29, 1.82) is 5.26 Å². The molecule has 0 spiro atoms. The van der Waals surface area contributed by atoms with E-state index in [9.17, 15) is 0 Å². The fraction of sp³-hybridized carbons (Fsp3) is 0.292. The molecule has 1 saturated heterocycles. The van der Waals surface area contributed by atoms with Gasteiger partial charge in [-0.3, -0.25) is 10.2 Å². The van der Waals surface area contributed by atoms with Crippen LogP contribution >= 0.6 is 34.9 Å². The van der Waals surface area contributed by atoms with Crippen molar-refractivity contribution in [2.45, 2.75) is 22.9 Å². The standard InChI is InChI=1S/C24H24N8S3/c25-10-6-11-31-12-14-32(15-13-31)22-27-21(29-24(30-22)34-18-7-2-1-3-8-18)28-23-26-17-20(35-23)19-9-4-5-16-33-19/h1-3,5,7-9,16-17H,4,6,11-15H2,(H,26,27,28,29,30). The molecule has 1 N–H and O–H groups in total. The van der Waals surface area contributed by atoms with E-state index in [0.717, 1.165) is 54.0 Å². The summed E-state index contributed by atoms with van der Waals surface area (Å²) in [5.74, 6) is 1.15. The maximum absolute atomic E-state index is 8.87.